The standard InChI is InChI=1S/C5H8O2/c1-5-6-3-2-4-7-5/h1-4H2. The van der Waals surface area contributed by atoms with Crippen LogP contribution in [0.2, 0.25) is 0 Å². The molecule has 40 valence electrons. The first-order chi connectivity index (χ1) is 3.39. The van der Waals surface area contributed by atoms with E-state index < -0.39 is 0 Å². The zero-order valence-electron chi connectivity index (χ0n) is 4.14. The Morgan fingerprint density at radius 3 is 2.14 bits per heavy atom. The van der Waals surface area contributed by atoms with Crippen molar-refractivity contribution < 1.29 is 9.47 Å². The van der Waals surface area contributed by atoms with E-state index in [9.17, 15) is 0 Å². The molecule has 0 radical (unpaired) electrons. The molecule has 0 atom stereocenters. The van der Waals surface area contributed by atoms with Gasteiger partial charge in [0.2, 0.25) is 0 Å². The second-order valence-corrected chi connectivity index (χ2v) is 1.42. The quantitative estimate of drug-likeness (QED) is 0.450. The van der Waals surface area contributed by atoms with E-state index in [-0.39, 0.29) is 0 Å². The minimum atomic E-state index is 0.464. The van der Waals surface area contributed by atoms with Crippen molar-refractivity contribution in [3.05, 3.63) is 12.5 Å². The maximum Gasteiger partial charge on any atom is 0.271 e. The summed E-state index contributed by atoms with van der Waals surface area (Å²) in [5.41, 5.74) is 0. The Morgan fingerprint density at radius 2 is 1.86 bits per heavy atom. The molecule has 0 saturated carbocycles. The fourth-order valence-electron chi connectivity index (χ4n) is 0.473. The maximum absolute atomic E-state index is 4.86. The van der Waals surface area contributed by atoms with Crippen LogP contribution in [-0.4, -0.2) is 13.2 Å². The zero-order valence-corrected chi connectivity index (χ0v) is 4.14. The Bertz CT molecular complexity index is 70.1. The third-order valence-electron chi connectivity index (χ3n) is 0.815. The summed E-state index contributed by atoms with van der Waals surface area (Å²) in [6.45, 7) is 5.00. The van der Waals surface area contributed by atoms with Gasteiger partial charge in [-0.15, -0.1) is 0 Å². The first-order valence-electron chi connectivity index (χ1n) is 2.34. The third kappa shape index (κ3) is 1.11. The van der Waals surface area contributed by atoms with Crippen molar-refractivity contribution in [2.75, 3.05) is 13.2 Å². The molecule has 2 heteroatoms. The highest BCUT2D eigenvalue weighted by molar-refractivity contribution is 4.70. The number of hydrogen-bond acceptors (Lipinski definition) is 2. The van der Waals surface area contributed by atoms with Crippen molar-refractivity contribution in [2.45, 2.75) is 6.42 Å². The summed E-state index contributed by atoms with van der Waals surface area (Å²) >= 11 is 0. The van der Waals surface area contributed by atoms with E-state index in [0.29, 0.717) is 5.95 Å². The molecule has 2 nitrogen and oxygen atoms in total. The Hall–Kier alpha value is -0.660. The summed E-state index contributed by atoms with van der Waals surface area (Å²) in [6.07, 6.45) is 0.985. The van der Waals surface area contributed by atoms with Crippen molar-refractivity contribution in [3.63, 3.8) is 0 Å². The maximum atomic E-state index is 4.86. The molecule has 0 amide bonds. The molecular formula is C5H8O2. The van der Waals surface area contributed by atoms with Gasteiger partial charge in [0.15, 0.2) is 0 Å². The summed E-state index contributed by atoms with van der Waals surface area (Å²) < 4.78 is 9.72. The van der Waals surface area contributed by atoms with Crippen molar-refractivity contribution in [1.82, 2.24) is 0 Å². The van der Waals surface area contributed by atoms with Crippen LogP contribution in [0.15, 0.2) is 12.5 Å². The molecule has 1 saturated heterocycles. The lowest BCUT2D eigenvalue weighted by Gasteiger charge is -2.14. The van der Waals surface area contributed by atoms with Crippen LogP contribution in [0.5, 0.6) is 0 Å². The highest BCUT2D eigenvalue weighted by atomic mass is 16.7. The van der Waals surface area contributed by atoms with Gasteiger partial charge in [-0.3, -0.25) is 0 Å². The van der Waals surface area contributed by atoms with Crippen molar-refractivity contribution in [1.29, 1.82) is 0 Å². The minimum Gasteiger partial charge on any atom is -0.466 e. The molecule has 1 rings (SSSR count). The smallest absolute Gasteiger partial charge is 0.271 e. The lowest BCUT2D eigenvalue weighted by molar-refractivity contribution is -0.0122. The Morgan fingerprint density at radius 1 is 1.29 bits per heavy atom. The van der Waals surface area contributed by atoms with Crippen LogP contribution in [0.1, 0.15) is 6.42 Å². The van der Waals surface area contributed by atoms with Gasteiger partial charge in [0, 0.05) is 6.42 Å². The number of ether oxygens (including phenoxy) is 2. The molecule has 0 bridgehead atoms. The number of rotatable bonds is 0. The summed E-state index contributed by atoms with van der Waals surface area (Å²) in [7, 11) is 0. The van der Waals surface area contributed by atoms with Crippen LogP contribution >= 0.6 is 0 Å². The highest BCUT2D eigenvalue weighted by Crippen LogP contribution is 2.03. The van der Waals surface area contributed by atoms with Crippen molar-refractivity contribution >= 4 is 0 Å². The van der Waals surface area contributed by atoms with Crippen molar-refractivity contribution in [2.24, 2.45) is 0 Å². The van der Waals surface area contributed by atoms with Crippen molar-refractivity contribution in [3.8, 4) is 0 Å². The summed E-state index contributed by atoms with van der Waals surface area (Å²) in [6, 6.07) is 0. The largest absolute Gasteiger partial charge is 0.466 e. The van der Waals surface area contributed by atoms with Gasteiger partial charge >= 0.3 is 0 Å². The monoisotopic (exact) mass is 100 g/mol. The van der Waals surface area contributed by atoms with Crippen LogP contribution in [0.4, 0.5) is 0 Å². The fraction of sp³-hybridized carbons (Fsp3) is 0.600. The van der Waals surface area contributed by atoms with E-state index >= 15 is 0 Å². The van der Waals surface area contributed by atoms with Gasteiger partial charge in [0.25, 0.3) is 5.95 Å². The third-order valence-corrected chi connectivity index (χ3v) is 0.815. The molecule has 0 aromatic heterocycles. The van der Waals surface area contributed by atoms with Gasteiger partial charge in [-0.1, -0.05) is 0 Å². The van der Waals surface area contributed by atoms with E-state index in [0.717, 1.165) is 19.6 Å². The molecule has 0 N–H and O–H groups in total. The Balaban J connectivity index is 2.25. The Labute approximate surface area is 42.7 Å². The summed E-state index contributed by atoms with van der Waals surface area (Å²) in [4.78, 5) is 0. The SMILES string of the molecule is C=C1OCCCO1. The van der Waals surface area contributed by atoms with Crippen LogP contribution in [0.25, 0.3) is 0 Å². The van der Waals surface area contributed by atoms with Crippen LogP contribution in [0.3, 0.4) is 0 Å². The Kier molecular flexibility index (Phi) is 1.20. The number of hydrogen-bond donors (Lipinski definition) is 0. The van der Waals surface area contributed by atoms with E-state index in [1.807, 2.05) is 0 Å². The van der Waals surface area contributed by atoms with Gasteiger partial charge in [0.1, 0.15) is 0 Å². The van der Waals surface area contributed by atoms with Gasteiger partial charge in [-0.05, 0) is 6.58 Å². The van der Waals surface area contributed by atoms with E-state index in [4.69, 9.17) is 9.47 Å². The first kappa shape index (κ1) is 4.50. The predicted molar refractivity (Wildman–Crippen MR) is 25.7 cm³/mol. The van der Waals surface area contributed by atoms with E-state index in [2.05, 4.69) is 6.58 Å². The van der Waals surface area contributed by atoms with Gasteiger partial charge in [0.05, 0.1) is 13.2 Å². The lowest BCUT2D eigenvalue weighted by atomic mass is 10.5. The molecule has 0 aliphatic carbocycles. The topological polar surface area (TPSA) is 18.5 Å². The molecule has 0 aromatic rings. The van der Waals surface area contributed by atoms with Crippen LogP contribution < -0.4 is 0 Å². The summed E-state index contributed by atoms with van der Waals surface area (Å²) in [5, 5.41) is 0. The second-order valence-electron chi connectivity index (χ2n) is 1.42. The molecule has 1 heterocycles. The molecule has 0 aromatic carbocycles. The van der Waals surface area contributed by atoms with Gasteiger partial charge < -0.3 is 9.47 Å². The highest BCUT2D eigenvalue weighted by Gasteiger charge is 2.00. The van der Waals surface area contributed by atoms with E-state index in [1.165, 1.54) is 0 Å². The minimum absolute atomic E-state index is 0.464. The normalized spacial score (nSPS) is 20.3. The second kappa shape index (κ2) is 1.87. The average molecular weight is 100 g/mol. The molecule has 1 aliphatic heterocycles. The molecular weight excluding hydrogens is 92.1 g/mol. The van der Waals surface area contributed by atoms with Crippen LogP contribution in [0, 0.1) is 0 Å². The summed E-state index contributed by atoms with van der Waals surface area (Å²) in [5.74, 6) is 0.464. The van der Waals surface area contributed by atoms with Crippen LogP contribution in [-0.2, 0) is 9.47 Å². The molecule has 7 heavy (non-hydrogen) atoms. The average Bonchev–Trinajstić information content (AvgIpc) is 1.69. The van der Waals surface area contributed by atoms with E-state index in [1.54, 1.807) is 0 Å². The van der Waals surface area contributed by atoms with Gasteiger partial charge in [-0.25, -0.2) is 0 Å². The lowest BCUT2D eigenvalue weighted by Crippen LogP contribution is -2.08. The molecule has 1 fully saturated rings. The predicted octanol–water partition coefficient (Wildman–Crippen LogP) is 0.894. The van der Waals surface area contributed by atoms with Gasteiger partial charge in [-0.2, -0.15) is 0 Å². The zero-order chi connectivity index (χ0) is 5.11. The molecule has 0 unspecified atom stereocenters. The first-order valence-corrected chi connectivity index (χ1v) is 2.34. The molecule has 0 spiro atoms. The fourth-order valence-corrected chi connectivity index (χ4v) is 0.473. The molecule has 1 aliphatic rings.